The van der Waals surface area contributed by atoms with Crippen molar-refractivity contribution >= 4 is 5.91 Å². The summed E-state index contributed by atoms with van der Waals surface area (Å²) in [5, 5.41) is 3.21. The third-order valence-electron chi connectivity index (χ3n) is 2.41. The van der Waals surface area contributed by atoms with E-state index in [2.05, 4.69) is 12.2 Å². The monoisotopic (exact) mass is 171 g/mol. The third kappa shape index (κ3) is 2.46. The number of nitrogens with one attached hydrogen (secondary N) is 1. The molecule has 12 heavy (non-hydrogen) atoms. The van der Waals surface area contributed by atoms with Crippen molar-refractivity contribution in [2.45, 2.75) is 31.8 Å². The second kappa shape index (κ2) is 3.87. The smallest absolute Gasteiger partial charge is 0.235 e. The number of carbonyl (C=O) groups excluding carboxylic acids is 1. The van der Waals surface area contributed by atoms with Gasteiger partial charge in [0.25, 0.3) is 0 Å². The Balaban J connectivity index is 2.07. The van der Waals surface area contributed by atoms with E-state index in [9.17, 15) is 4.79 Å². The lowest BCUT2D eigenvalue weighted by atomic mass is 10.3. The number of hydrogen-bond donors (Lipinski definition) is 3. The van der Waals surface area contributed by atoms with Crippen LogP contribution in [0, 0.1) is 5.92 Å². The van der Waals surface area contributed by atoms with Crippen LogP contribution in [-0.4, -0.2) is 24.5 Å². The molecule has 0 aromatic carbocycles. The maximum absolute atomic E-state index is 10.5. The van der Waals surface area contributed by atoms with Crippen LogP contribution in [0.5, 0.6) is 0 Å². The Bertz CT molecular complexity index is 172. The highest BCUT2D eigenvalue weighted by Gasteiger charge is 2.34. The highest BCUT2D eigenvalue weighted by atomic mass is 16.1. The van der Waals surface area contributed by atoms with Crippen LogP contribution in [-0.2, 0) is 4.79 Å². The molecule has 0 aromatic rings. The van der Waals surface area contributed by atoms with Gasteiger partial charge in [-0.05, 0) is 12.3 Å². The van der Waals surface area contributed by atoms with Crippen LogP contribution >= 0.6 is 0 Å². The second-order valence-electron chi connectivity index (χ2n) is 3.43. The Morgan fingerprint density at radius 1 is 1.75 bits per heavy atom. The van der Waals surface area contributed by atoms with Crippen LogP contribution < -0.4 is 16.8 Å². The first-order chi connectivity index (χ1) is 5.65. The van der Waals surface area contributed by atoms with Gasteiger partial charge in [-0.15, -0.1) is 0 Å². The molecule has 4 heteroatoms. The summed E-state index contributed by atoms with van der Waals surface area (Å²) in [7, 11) is 0. The van der Waals surface area contributed by atoms with Gasteiger partial charge in [0.15, 0.2) is 0 Å². The summed E-state index contributed by atoms with van der Waals surface area (Å²) < 4.78 is 0. The summed E-state index contributed by atoms with van der Waals surface area (Å²) in [5.74, 6) is 0.348. The number of primary amides is 1. The minimum Gasteiger partial charge on any atom is -0.368 e. The maximum Gasteiger partial charge on any atom is 0.235 e. The Hall–Kier alpha value is -0.610. The molecule has 1 saturated carbocycles. The first kappa shape index (κ1) is 9.48. The van der Waals surface area contributed by atoms with Crippen molar-refractivity contribution in [2.75, 3.05) is 6.54 Å². The average molecular weight is 171 g/mol. The second-order valence-corrected chi connectivity index (χ2v) is 3.43. The maximum atomic E-state index is 10.5. The van der Waals surface area contributed by atoms with Crippen molar-refractivity contribution in [3.8, 4) is 0 Å². The first-order valence-electron chi connectivity index (χ1n) is 4.43. The van der Waals surface area contributed by atoms with Crippen LogP contribution in [0.1, 0.15) is 19.8 Å². The SMILES string of the molecule is CCC1CC1NCC(N)C(N)=O. The molecule has 0 heterocycles. The molecule has 4 nitrogen and oxygen atoms in total. The van der Waals surface area contributed by atoms with Crippen molar-refractivity contribution in [1.29, 1.82) is 0 Å². The molecule has 1 aliphatic rings. The molecular weight excluding hydrogens is 154 g/mol. The van der Waals surface area contributed by atoms with E-state index < -0.39 is 11.9 Å². The normalized spacial score (nSPS) is 29.8. The van der Waals surface area contributed by atoms with Crippen molar-refractivity contribution in [3.05, 3.63) is 0 Å². The number of hydrogen-bond acceptors (Lipinski definition) is 3. The summed E-state index contributed by atoms with van der Waals surface area (Å²) >= 11 is 0. The predicted octanol–water partition coefficient (Wildman–Crippen LogP) is -0.813. The Labute approximate surface area is 72.7 Å². The highest BCUT2D eigenvalue weighted by molar-refractivity contribution is 5.79. The van der Waals surface area contributed by atoms with E-state index in [1.807, 2.05) is 0 Å². The molecule has 0 aromatic heterocycles. The quantitative estimate of drug-likeness (QED) is 0.506. The highest BCUT2D eigenvalue weighted by Crippen LogP contribution is 2.32. The van der Waals surface area contributed by atoms with Crippen LogP contribution in [0.4, 0.5) is 0 Å². The largest absolute Gasteiger partial charge is 0.368 e. The van der Waals surface area contributed by atoms with Crippen molar-refractivity contribution < 1.29 is 4.79 Å². The molecule has 0 aliphatic heterocycles. The standard InChI is InChI=1S/C8H17N3O/c1-2-5-3-7(5)11-4-6(9)8(10)12/h5-7,11H,2-4,9H2,1H3,(H2,10,12). The minimum atomic E-state index is -0.539. The molecule has 0 radical (unpaired) electrons. The van der Waals surface area contributed by atoms with Crippen molar-refractivity contribution in [3.63, 3.8) is 0 Å². The Kier molecular flexibility index (Phi) is 3.05. The third-order valence-corrected chi connectivity index (χ3v) is 2.41. The van der Waals surface area contributed by atoms with Gasteiger partial charge < -0.3 is 16.8 Å². The zero-order valence-corrected chi connectivity index (χ0v) is 7.42. The van der Waals surface area contributed by atoms with E-state index in [0.29, 0.717) is 12.6 Å². The molecule has 70 valence electrons. The summed E-state index contributed by atoms with van der Waals surface area (Å²) in [5.41, 5.74) is 10.4. The van der Waals surface area contributed by atoms with Gasteiger partial charge in [-0.1, -0.05) is 13.3 Å². The van der Waals surface area contributed by atoms with E-state index in [-0.39, 0.29) is 0 Å². The van der Waals surface area contributed by atoms with Gasteiger partial charge in [-0.25, -0.2) is 0 Å². The molecule has 0 spiro atoms. The van der Waals surface area contributed by atoms with Gasteiger partial charge in [-0.3, -0.25) is 4.79 Å². The molecule has 0 saturated heterocycles. The Morgan fingerprint density at radius 2 is 2.42 bits per heavy atom. The molecule has 1 aliphatic carbocycles. The van der Waals surface area contributed by atoms with Crippen LogP contribution in [0.25, 0.3) is 0 Å². The van der Waals surface area contributed by atoms with E-state index in [0.717, 1.165) is 5.92 Å². The van der Waals surface area contributed by atoms with Crippen LogP contribution in [0.15, 0.2) is 0 Å². The first-order valence-corrected chi connectivity index (χ1v) is 4.43. The van der Waals surface area contributed by atoms with Crippen molar-refractivity contribution in [2.24, 2.45) is 17.4 Å². The fourth-order valence-corrected chi connectivity index (χ4v) is 1.33. The Morgan fingerprint density at radius 3 is 2.83 bits per heavy atom. The summed E-state index contributed by atoms with van der Waals surface area (Å²) in [6, 6.07) is 0.0310. The molecule has 3 unspecified atom stereocenters. The zero-order valence-electron chi connectivity index (χ0n) is 7.42. The molecule has 1 amide bonds. The van der Waals surface area contributed by atoms with Gasteiger partial charge in [0, 0.05) is 12.6 Å². The van der Waals surface area contributed by atoms with E-state index in [1.54, 1.807) is 0 Å². The lowest BCUT2D eigenvalue weighted by Gasteiger charge is -2.07. The number of nitrogens with two attached hydrogens (primary N) is 2. The summed E-state index contributed by atoms with van der Waals surface area (Å²) in [4.78, 5) is 10.5. The fourth-order valence-electron chi connectivity index (χ4n) is 1.33. The van der Waals surface area contributed by atoms with Gasteiger partial charge >= 0.3 is 0 Å². The number of amides is 1. The van der Waals surface area contributed by atoms with Crippen LogP contribution in [0.2, 0.25) is 0 Å². The van der Waals surface area contributed by atoms with E-state index in [4.69, 9.17) is 11.5 Å². The van der Waals surface area contributed by atoms with E-state index >= 15 is 0 Å². The zero-order chi connectivity index (χ0) is 9.14. The lowest BCUT2D eigenvalue weighted by molar-refractivity contribution is -0.119. The molecule has 1 rings (SSSR count). The van der Waals surface area contributed by atoms with E-state index in [1.165, 1.54) is 12.8 Å². The number of rotatable bonds is 5. The number of carbonyl (C=O) groups is 1. The van der Waals surface area contributed by atoms with Crippen molar-refractivity contribution in [1.82, 2.24) is 5.32 Å². The van der Waals surface area contributed by atoms with Gasteiger partial charge in [0.2, 0.25) is 5.91 Å². The van der Waals surface area contributed by atoms with Gasteiger partial charge in [0.05, 0.1) is 6.04 Å². The minimum absolute atomic E-state index is 0.434. The van der Waals surface area contributed by atoms with Gasteiger partial charge in [0.1, 0.15) is 0 Å². The fraction of sp³-hybridized carbons (Fsp3) is 0.875. The molecule has 1 fully saturated rings. The average Bonchev–Trinajstić information content (AvgIpc) is 2.78. The summed E-state index contributed by atoms with van der Waals surface area (Å²) in [6.45, 7) is 2.68. The van der Waals surface area contributed by atoms with Gasteiger partial charge in [-0.2, -0.15) is 0 Å². The molecule has 0 bridgehead atoms. The van der Waals surface area contributed by atoms with Crippen LogP contribution in [0.3, 0.4) is 0 Å². The summed E-state index contributed by atoms with van der Waals surface area (Å²) in [6.07, 6.45) is 2.41. The molecular formula is C8H17N3O. The topological polar surface area (TPSA) is 81.1 Å². The molecule has 5 N–H and O–H groups in total. The molecule has 3 atom stereocenters. The predicted molar refractivity (Wildman–Crippen MR) is 47.4 cm³/mol. The lowest BCUT2D eigenvalue weighted by Crippen LogP contribution is -2.45.